The van der Waals surface area contributed by atoms with Crippen molar-refractivity contribution in [1.82, 2.24) is 4.98 Å². The van der Waals surface area contributed by atoms with Crippen molar-refractivity contribution in [3.63, 3.8) is 0 Å². The molecule has 0 unspecified atom stereocenters. The lowest BCUT2D eigenvalue weighted by molar-refractivity contribution is 0.411. The van der Waals surface area contributed by atoms with E-state index in [1.54, 1.807) is 22.3 Å². The number of aryl methyl sites for hydroxylation is 1. The topological polar surface area (TPSA) is 60.2 Å². The van der Waals surface area contributed by atoms with Gasteiger partial charge in [-0.05, 0) is 42.1 Å². The molecule has 2 aromatic heterocycles. The molecule has 25 heavy (non-hydrogen) atoms. The van der Waals surface area contributed by atoms with Crippen molar-refractivity contribution in [2.45, 2.75) is 6.92 Å². The number of hydrogen-bond acceptors (Lipinski definition) is 5. The largest absolute Gasteiger partial charge is 0.510 e. The van der Waals surface area contributed by atoms with Crippen LogP contribution >= 0.6 is 34.3 Å². The Balaban J connectivity index is 1.67. The van der Waals surface area contributed by atoms with Crippen molar-refractivity contribution in [1.29, 1.82) is 5.41 Å². The van der Waals surface area contributed by atoms with Crippen LogP contribution in [0.25, 0.3) is 16.1 Å². The van der Waals surface area contributed by atoms with Gasteiger partial charge in [0.05, 0.1) is 22.7 Å². The minimum atomic E-state index is 0.173. The number of rotatable bonds is 3. The van der Waals surface area contributed by atoms with Gasteiger partial charge < -0.3 is 10.0 Å². The zero-order valence-electron chi connectivity index (χ0n) is 13.3. The van der Waals surface area contributed by atoms with E-state index >= 15 is 0 Å². The van der Waals surface area contributed by atoms with E-state index in [4.69, 9.17) is 17.0 Å². The number of anilines is 1. The molecule has 0 fully saturated rings. The molecule has 7 heteroatoms. The number of hydrogen-bond donors (Lipinski definition) is 2. The number of thiophene rings is 1. The molecule has 0 saturated carbocycles. The fourth-order valence-corrected chi connectivity index (χ4v) is 4.73. The van der Waals surface area contributed by atoms with Crippen LogP contribution in [0.4, 0.5) is 5.69 Å². The van der Waals surface area contributed by atoms with Crippen molar-refractivity contribution in [3.05, 3.63) is 62.4 Å². The second kappa shape index (κ2) is 6.29. The molecule has 1 aromatic carbocycles. The maximum absolute atomic E-state index is 10.5. The van der Waals surface area contributed by atoms with Crippen LogP contribution in [0.1, 0.15) is 10.6 Å². The number of benzene rings is 1. The summed E-state index contributed by atoms with van der Waals surface area (Å²) < 4.78 is 0. The Labute approximate surface area is 158 Å². The second-order valence-corrected chi connectivity index (χ2v) is 7.94. The van der Waals surface area contributed by atoms with Crippen LogP contribution in [-0.2, 0) is 0 Å². The monoisotopic (exact) mass is 387 g/mol. The molecule has 0 saturated heterocycles. The lowest BCUT2D eigenvalue weighted by atomic mass is 10.2. The number of aliphatic hydroxyl groups is 1. The molecule has 1 aliphatic rings. The SMILES string of the molecule is Cc1cc(Cl)ccc1N1CC(O)=C(c2nc(-c3cccs3)cs2)C1=N. The summed E-state index contributed by atoms with van der Waals surface area (Å²) in [4.78, 5) is 7.48. The summed E-state index contributed by atoms with van der Waals surface area (Å²) >= 11 is 9.09. The van der Waals surface area contributed by atoms with Crippen molar-refractivity contribution in [3.8, 4) is 10.6 Å². The number of aromatic nitrogens is 1. The molecule has 3 heterocycles. The van der Waals surface area contributed by atoms with E-state index in [0.29, 0.717) is 15.6 Å². The molecule has 0 bridgehead atoms. The summed E-state index contributed by atoms with van der Waals surface area (Å²) in [6.45, 7) is 2.21. The maximum Gasteiger partial charge on any atom is 0.139 e. The summed E-state index contributed by atoms with van der Waals surface area (Å²) in [5.41, 5.74) is 3.21. The lowest BCUT2D eigenvalue weighted by Gasteiger charge is -2.21. The molecular weight excluding hydrogens is 374 g/mol. The van der Waals surface area contributed by atoms with Gasteiger partial charge in [0, 0.05) is 16.1 Å². The van der Waals surface area contributed by atoms with E-state index in [-0.39, 0.29) is 18.1 Å². The smallest absolute Gasteiger partial charge is 0.139 e. The van der Waals surface area contributed by atoms with E-state index in [1.807, 2.05) is 41.9 Å². The van der Waals surface area contributed by atoms with Gasteiger partial charge in [0.15, 0.2) is 0 Å². The van der Waals surface area contributed by atoms with Crippen LogP contribution in [0.5, 0.6) is 0 Å². The van der Waals surface area contributed by atoms with Crippen LogP contribution in [0, 0.1) is 12.3 Å². The van der Waals surface area contributed by atoms with Gasteiger partial charge in [0.2, 0.25) is 0 Å². The molecule has 2 N–H and O–H groups in total. The zero-order chi connectivity index (χ0) is 17.6. The summed E-state index contributed by atoms with van der Waals surface area (Å²) in [7, 11) is 0. The van der Waals surface area contributed by atoms with E-state index < -0.39 is 0 Å². The Hall–Kier alpha value is -2.15. The number of nitrogens with zero attached hydrogens (tertiary/aromatic N) is 2. The van der Waals surface area contributed by atoms with Gasteiger partial charge >= 0.3 is 0 Å². The molecule has 0 radical (unpaired) electrons. The lowest BCUT2D eigenvalue weighted by Crippen LogP contribution is -2.26. The first-order valence-electron chi connectivity index (χ1n) is 7.59. The average molecular weight is 388 g/mol. The van der Waals surface area contributed by atoms with E-state index in [0.717, 1.165) is 21.8 Å². The normalized spacial score (nSPS) is 14.6. The number of nitrogens with one attached hydrogen (secondary N) is 1. The van der Waals surface area contributed by atoms with Crippen LogP contribution in [0.2, 0.25) is 5.02 Å². The molecular formula is C18H14ClN3OS2. The third-order valence-corrected chi connectivity index (χ3v) is 6.03. The quantitative estimate of drug-likeness (QED) is 0.614. The summed E-state index contributed by atoms with van der Waals surface area (Å²) in [6.07, 6.45) is 0. The molecule has 0 atom stereocenters. The number of thiazole rings is 1. The third kappa shape index (κ3) is 2.86. The minimum Gasteiger partial charge on any atom is -0.510 e. The first-order valence-corrected chi connectivity index (χ1v) is 9.73. The van der Waals surface area contributed by atoms with Gasteiger partial charge in [0.25, 0.3) is 0 Å². The maximum atomic E-state index is 10.5. The zero-order valence-corrected chi connectivity index (χ0v) is 15.7. The van der Waals surface area contributed by atoms with Crippen LogP contribution < -0.4 is 4.90 Å². The molecule has 4 rings (SSSR count). The number of aliphatic hydroxyl groups excluding tert-OH is 1. The standard InChI is InChI=1S/C18H14ClN3OS2/c1-10-7-11(19)4-5-13(10)22-8-14(23)16(17(22)20)18-21-12(9-25-18)15-3-2-6-24-15/h2-7,9,20,23H,8H2,1H3. The Morgan fingerprint density at radius 3 is 2.84 bits per heavy atom. The molecule has 0 amide bonds. The van der Waals surface area contributed by atoms with Gasteiger partial charge in [0.1, 0.15) is 16.6 Å². The second-order valence-electron chi connectivity index (χ2n) is 5.70. The van der Waals surface area contributed by atoms with Crippen LogP contribution in [-0.4, -0.2) is 22.5 Å². The summed E-state index contributed by atoms with van der Waals surface area (Å²) in [5, 5.41) is 24.3. The Morgan fingerprint density at radius 2 is 2.12 bits per heavy atom. The number of amidine groups is 1. The molecule has 0 aliphatic carbocycles. The van der Waals surface area contributed by atoms with E-state index in [1.165, 1.54) is 11.3 Å². The molecule has 0 spiro atoms. The van der Waals surface area contributed by atoms with Crippen molar-refractivity contribution in [2.24, 2.45) is 0 Å². The number of halogens is 1. The molecule has 1 aliphatic heterocycles. The van der Waals surface area contributed by atoms with Crippen molar-refractivity contribution in [2.75, 3.05) is 11.4 Å². The Kier molecular flexibility index (Phi) is 4.11. The van der Waals surface area contributed by atoms with Gasteiger partial charge in [-0.2, -0.15) is 0 Å². The van der Waals surface area contributed by atoms with Crippen molar-refractivity contribution >= 4 is 51.4 Å². The van der Waals surface area contributed by atoms with Gasteiger partial charge in [-0.25, -0.2) is 4.98 Å². The molecule has 4 nitrogen and oxygen atoms in total. The van der Waals surface area contributed by atoms with Gasteiger partial charge in [-0.1, -0.05) is 17.7 Å². The molecule has 126 valence electrons. The average Bonchev–Trinajstić information content (AvgIpc) is 3.28. The third-order valence-electron chi connectivity index (χ3n) is 4.04. The predicted molar refractivity (Wildman–Crippen MR) is 106 cm³/mol. The van der Waals surface area contributed by atoms with E-state index in [9.17, 15) is 5.11 Å². The van der Waals surface area contributed by atoms with E-state index in [2.05, 4.69) is 4.98 Å². The summed E-state index contributed by atoms with van der Waals surface area (Å²) in [6, 6.07) is 9.53. The van der Waals surface area contributed by atoms with Gasteiger partial charge in [-0.15, -0.1) is 22.7 Å². The van der Waals surface area contributed by atoms with Crippen LogP contribution in [0.15, 0.2) is 46.9 Å². The minimum absolute atomic E-state index is 0.173. The van der Waals surface area contributed by atoms with Crippen LogP contribution in [0.3, 0.4) is 0 Å². The predicted octanol–water partition coefficient (Wildman–Crippen LogP) is 5.60. The van der Waals surface area contributed by atoms with Gasteiger partial charge in [-0.3, -0.25) is 5.41 Å². The Morgan fingerprint density at radius 1 is 1.28 bits per heavy atom. The fourth-order valence-electron chi connectivity index (χ4n) is 2.86. The molecule has 3 aromatic rings. The highest BCUT2D eigenvalue weighted by Gasteiger charge is 2.32. The highest BCUT2D eigenvalue weighted by Crippen LogP contribution is 2.36. The Bertz CT molecular complexity index is 992. The highest BCUT2D eigenvalue weighted by molar-refractivity contribution is 7.14. The first-order chi connectivity index (χ1) is 12.0. The fraction of sp³-hybridized carbons (Fsp3) is 0.111. The first kappa shape index (κ1) is 16.3. The summed E-state index contributed by atoms with van der Waals surface area (Å²) in [5.74, 6) is 0.432. The van der Waals surface area contributed by atoms with Crippen molar-refractivity contribution < 1.29 is 5.11 Å². The highest BCUT2D eigenvalue weighted by atomic mass is 35.5.